The average Bonchev–Trinajstić information content (AvgIpc) is 3.30. The van der Waals surface area contributed by atoms with E-state index < -0.39 is 11.7 Å². The molecule has 2 amide bonds. The van der Waals surface area contributed by atoms with Crippen molar-refractivity contribution >= 4 is 56.3 Å². The third kappa shape index (κ3) is 4.33. The molecule has 0 aliphatic carbocycles. The maximum absolute atomic E-state index is 13.2. The highest BCUT2D eigenvalue weighted by Gasteiger charge is 2.17. The van der Waals surface area contributed by atoms with Gasteiger partial charge in [-0.25, -0.2) is 4.39 Å². The molecule has 0 saturated carbocycles. The van der Waals surface area contributed by atoms with Crippen LogP contribution in [0, 0.1) is 12.7 Å². The first-order valence-corrected chi connectivity index (χ1v) is 10.8. The molecule has 2 heterocycles. The number of aromatic nitrogens is 1. The zero-order valence-corrected chi connectivity index (χ0v) is 18.4. The molecule has 0 unspecified atom stereocenters. The lowest BCUT2D eigenvalue weighted by Crippen LogP contribution is -2.12. The minimum atomic E-state index is -0.517. The molecule has 0 fully saturated rings. The number of thiophene rings is 1. The van der Waals surface area contributed by atoms with Gasteiger partial charge in [0.25, 0.3) is 11.8 Å². The molecule has 31 heavy (non-hydrogen) atoms. The van der Waals surface area contributed by atoms with Gasteiger partial charge >= 0.3 is 0 Å². The van der Waals surface area contributed by atoms with Crippen molar-refractivity contribution in [1.29, 1.82) is 0 Å². The lowest BCUT2D eigenvalue weighted by molar-refractivity contribution is 0.102. The van der Waals surface area contributed by atoms with E-state index >= 15 is 0 Å². The standard InChI is InChI=1S/C23H19ClFN3O2S/c1-3-28-9-8-14-11-16(5-7-19(14)28)26-23(30)21-13(2)10-20(31-21)27-22(29)17-6-4-15(25)12-18(17)24/h4-12H,3H2,1-2H3,(H,26,30)(H,27,29). The van der Waals surface area contributed by atoms with Gasteiger partial charge in [0.15, 0.2) is 0 Å². The fourth-order valence-electron chi connectivity index (χ4n) is 3.36. The van der Waals surface area contributed by atoms with Crippen molar-refractivity contribution < 1.29 is 14.0 Å². The molecule has 158 valence electrons. The quantitative estimate of drug-likeness (QED) is 0.369. The Hall–Kier alpha value is -3.16. The van der Waals surface area contributed by atoms with Crippen molar-refractivity contribution in [2.75, 3.05) is 10.6 Å². The zero-order valence-electron chi connectivity index (χ0n) is 16.8. The molecular formula is C23H19ClFN3O2S. The maximum atomic E-state index is 13.2. The van der Waals surface area contributed by atoms with Crippen LogP contribution in [0.2, 0.25) is 5.02 Å². The van der Waals surface area contributed by atoms with Gasteiger partial charge < -0.3 is 15.2 Å². The Morgan fingerprint density at radius 2 is 1.87 bits per heavy atom. The van der Waals surface area contributed by atoms with E-state index in [1.165, 1.54) is 12.1 Å². The van der Waals surface area contributed by atoms with Crippen LogP contribution in [-0.2, 0) is 6.54 Å². The number of fused-ring (bicyclic) bond motifs is 1. The van der Waals surface area contributed by atoms with Crippen LogP contribution in [-0.4, -0.2) is 16.4 Å². The van der Waals surface area contributed by atoms with Crippen LogP contribution in [0.5, 0.6) is 0 Å². The molecule has 8 heteroatoms. The fraction of sp³-hybridized carbons (Fsp3) is 0.130. The Balaban J connectivity index is 1.50. The highest BCUT2D eigenvalue weighted by Crippen LogP contribution is 2.29. The molecule has 0 spiro atoms. The summed E-state index contributed by atoms with van der Waals surface area (Å²) in [5.41, 5.74) is 2.70. The summed E-state index contributed by atoms with van der Waals surface area (Å²) in [5, 5.41) is 7.22. The predicted molar refractivity (Wildman–Crippen MR) is 124 cm³/mol. The summed E-state index contributed by atoms with van der Waals surface area (Å²) < 4.78 is 15.3. The second kappa shape index (κ2) is 8.53. The summed E-state index contributed by atoms with van der Waals surface area (Å²) in [6.45, 7) is 4.76. The number of nitrogens with zero attached hydrogens (tertiary/aromatic N) is 1. The Morgan fingerprint density at radius 3 is 2.61 bits per heavy atom. The minimum absolute atomic E-state index is 0.0241. The highest BCUT2D eigenvalue weighted by molar-refractivity contribution is 7.18. The summed E-state index contributed by atoms with van der Waals surface area (Å²) in [5.74, 6) is -1.24. The maximum Gasteiger partial charge on any atom is 0.266 e. The van der Waals surface area contributed by atoms with Crippen molar-refractivity contribution in [3.05, 3.63) is 81.6 Å². The van der Waals surface area contributed by atoms with E-state index in [4.69, 9.17) is 11.6 Å². The monoisotopic (exact) mass is 455 g/mol. The van der Waals surface area contributed by atoms with Crippen LogP contribution in [0.3, 0.4) is 0 Å². The molecule has 2 N–H and O–H groups in total. The third-order valence-electron chi connectivity index (χ3n) is 4.91. The topological polar surface area (TPSA) is 63.1 Å². The largest absolute Gasteiger partial charge is 0.348 e. The number of hydrogen-bond donors (Lipinski definition) is 2. The van der Waals surface area contributed by atoms with Gasteiger partial charge in [-0.3, -0.25) is 9.59 Å². The Labute approximate surface area is 187 Å². The van der Waals surface area contributed by atoms with E-state index in [0.29, 0.717) is 15.6 Å². The lowest BCUT2D eigenvalue weighted by atomic mass is 10.2. The number of rotatable bonds is 5. The normalized spacial score (nSPS) is 11.0. The van der Waals surface area contributed by atoms with Gasteiger partial charge in [-0.15, -0.1) is 11.3 Å². The molecule has 4 aromatic rings. The number of hydrogen-bond acceptors (Lipinski definition) is 3. The number of anilines is 2. The van der Waals surface area contributed by atoms with Crippen molar-refractivity contribution in [2.24, 2.45) is 0 Å². The molecule has 2 aromatic heterocycles. The van der Waals surface area contributed by atoms with Gasteiger partial charge in [-0.05, 0) is 67.9 Å². The van der Waals surface area contributed by atoms with E-state index in [9.17, 15) is 14.0 Å². The lowest BCUT2D eigenvalue weighted by Gasteiger charge is -2.06. The number of halogens is 2. The molecular weight excluding hydrogens is 437 g/mol. The van der Waals surface area contributed by atoms with Crippen molar-refractivity contribution in [3.63, 3.8) is 0 Å². The van der Waals surface area contributed by atoms with Crippen LogP contribution in [0.4, 0.5) is 15.1 Å². The second-order valence-electron chi connectivity index (χ2n) is 7.03. The van der Waals surface area contributed by atoms with E-state index in [0.717, 1.165) is 40.4 Å². The van der Waals surface area contributed by atoms with Crippen LogP contribution in [0.1, 0.15) is 32.5 Å². The van der Waals surface area contributed by atoms with Crippen molar-refractivity contribution in [3.8, 4) is 0 Å². The second-order valence-corrected chi connectivity index (χ2v) is 8.49. The number of amides is 2. The van der Waals surface area contributed by atoms with E-state index in [1.807, 2.05) is 30.5 Å². The smallest absolute Gasteiger partial charge is 0.266 e. The molecule has 4 rings (SSSR count). The number of carbonyl (C=O) groups is 2. The van der Waals surface area contributed by atoms with Gasteiger partial charge in [-0.1, -0.05) is 11.6 Å². The van der Waals surface area contributed by atoms with E-state index in [2.05, 4.69) is 22.1 Å². The van der Waals surface area contributed by atoms with Crippen LogP contribution in [0.25, 0.3) is 10.9 Å². The number of aryl methyl sites for hydroxylation is 2. The zero-order chi connectivity index (χ0) is 22.1. The summed E-state index contributed by atoms with van der Waals surface area (Å²) in [6, 6.07) is 13.1. The predicted octanol–water partition coefficient (Wildman–Crippen LogP) is 6.33. The molecule has 0 bridgehead atoms. The molecule has 0 radical (unpaired) electrons. The highest BCUT2D eigenvalue weighted by atomic mass is 35.5. The van der Waals surface area contributed by atoms with Crippen LogP contribution >= 0.6 is 22.9 Å². The Morgan fingerprint density at radius 1 is 1.06 bits per heavy atom. The summed E-state index contributed by atoms with van der Waals surface area (Å²) in [6.07, 6.45) is 2.02. The summed E-state index contributed by atoms with van der Waals surface area (Å²) in [7, 11) is 0. The van der Waals surface area contributed by atoms with Crippen LogP contribution in [0.15, 0.2) is 54.7 Å². The van der Waals surface area contributed by atoms with Crippen molar-refractivity contribution in [2.45, 2.75) is 20.4 Å². The van der Waals surface area contributed by atoms with Crippen molar-refractivity contribution in [1.82, 2.24) is 4.57 Å². The third-order valence-corrected chi connectivity index (χ3v) is 6.37. The van der Waals surface area contributed by atoms with Gasteiger partial charge in [-0.2, -0.15) is 0 Å². The van der Waals surface area contributed by atoms with E-state index in [-0.39, 0.29) is 16.5 Å². The number of carbonyl (C=O) groups excluding carboxylic acids is 2. The van der Waals surface area contributed by atoms with Gasteiger partial charge in [0.2, 0.25) is 0 Å². The van der Waals surface area contributed by atoms with Gasteiger partial charge in [0, 0.05) is 29.3 Å². The molecule has 5 nitrogen and oxygen atoms in total. The Kier molecular flexibility index (Phi) is 5.80. The minimum Gasteiger partial charge on any atom is -0.348 e. The Bertz CT molecular complexity index is 1310. The van der Waals surface area contributed by atoms with Gasteiger partial charge in [0.05, 0.1) is 20.5 Å². The van der Waals surface area contributed by atoms with E-state index in [1.54, 1.807) is 13.0 Å². The SMILES string of the molecule is CCn1ccc2cc(NC(=O)c3sc(NC(=O)c4ccc(F)cc4Cl)cc3C)ccc21. The number of benzene rings is 2. The molecule has 0 saturated heterocycles. The fourth-order valence-corrected chi connectivity index (χ4v) is 4.58. The van der Waals surface area contributed by atoms with Gasteiger partial charge in [0.1, 0.15) is 5.82 Å². The number of nitrogens with one attached hydrogen (secondary N) is 2. The molecule has 0 aliphatic rings. The molecule has 0 aliphatic heterocycles. The molecule has 2 aromatic carbocycles. The molecule has 0 atom stereocenters. The summed E-state index contributed by atoms with van der Waals surface area (Å²) >= 11 is 7.12. The average molecular weight is 456 g/mol. The first-order chi connectivity index (χ1) is 14.9. The van der Waals surface area contributed by atoms with Crippen LogP contribution < -0.4 is 10.6 Å². The first kappa shape index (κ1) is 21.1. The first-order valence-electron chi connectivity index (χ1n) is 9.63. The summed E-state index contributed by atoms with van der Waals surface area (Å²) in [4.78, 5) is 25.8.